The molecule has 5 rings (SSSR count). The number of benzene rings is 3. The first-order valence-corrected chi connectivity index (χ1v) is 12.6. The molecule has 11 heteroatoms. The van der Waals surface area contributed by atoms with Crippen LogP contribution in [0.3, 0.4) is 0 Å². The Balaban J connectivity index is 1.50. The summed E-state index contributed by atoms with van der Waals surface area (Å²) in [6.07, 6.45) is -4.53. The number of hydrogen-bond acceptors (Lipinski definition) is 5. The van der Waals surface area contributed by atoms with E-state index in [9.17, 15) is 22.8 Å². The second-order valence-electron chi connectivity index (χ2n) is 8.27. The Morgan fingerprint density at radius 2 is 1.84 bits per heavy atom. The Morgan fingerprint density at radius 3 is 2.58 bits per heavy atom. The summed E-state index contributed by atoms with van der Waals surface area (Å²) >= 11 is 1.01. The zero-order valence-electron chi connectivity index (χ0n) is 20.0. The van der Waals surface area contributed by atoms with E-state index in [2.05, 4.69) is 10.3 Å². The number of fused-ring (bicyclic) bond motifs is 3. The maximum Gasteiger partial charge on any atom is 0.416 e. The lowest BCUT2D eigenvalue weighted by molar-refractivity contribution is -0.137. The van der Waals surface area contributed by atoms with Crippen molar-refractivity contribution in [2.75, 3.05) is 17.7 Å². The average molecular weight is 539 g/mol. The van der Waals surface area contributed by atoms with E-state index in [1.54, 1.807) is 24.3 Å². The van der Waals surface area contributed by atoms with E-state index < -0.39 is 17.6 Å². The molecule has 3 aromatic carbocycles. The van der Waals surface area contributed by atoms with Crippen LogP contribution in [-0.2, 0) is 11.0 Å². The molecule has 0 saturated heterocycles. The molecule has 5 aromatic rings. The number of hydrogen-bond donors (Lipinski definition) is 2. The van der Waals surface area contributed by atoms with Crippen LogP contribution in [0.1, 0.15) is 12.5 Å². The van der Waals surface area contributed by atoms with E-state index in [4.69, 9.17) is 9.72 Å². The van der Waals surface area contributed by atoms with Gasteiger partial charge < -0.3 is 15.0 Å². The monoisotopic (exact) mass is 538 g/mol. The number of nitrogens with zero attached hydrogens (tertiary/aromatic N) is 2. The van der Waals surface area contributed by atoms with Crippen molar-refractivity contribution in [3.05, 3.63) is 88.7 Å². The molecule has 0 bridgehead atoms. The van der Waals surface area contributed by atoms with Gasteiger partial charge in [0, 0.05) is 16.6 Å². The summed E-state index contributed by atoms with van der Waals surface area (Å²) in [6, 6.07) is 18.7. The summed E-state index contributed by atoms with van der Waals surface area (Å²) in [5, 5.41) is 3.50. The van der Waals surface area contributed by atoms with Crippen LogP contribution < -0.4 is 15.6 Å². The van der Waals surface area contributed by atoms with Gasteiger partial charge in [0.05, 0.1) is 23.6 Å². The van der Waals surface area contributed by atoms with Crippen LogP contribution in [0.4, 0.5) is 18.9 Å². The highest BCUT2D eigenvalue weighted by atomic mass is 32.2. The van der Waals surface area contributed by atoms with Crippen molar-refractivity contribution in [3.8, 4) is 11.4 Å². The van der Waals surface area contributed by atoms with Gasteiger partial charge in [-0.05, 0) is 55.5 Å². The Bertz CT molecular complexity index is 1690. The molecule has 0 aliphatic heterocycles. The minimum atomic E-state index is -4.53. The van der Waals surface area contributed by atoms with Gasteiger partial charge in [-0.15, -0.1) is 0 Å². The van der Waals surface area contributed by atoms with Crippen molar-refractivity contribution in [2.45, 2.75) is 18.3 Å². The van der Waals surface area contributed by atoms with Gasteiger partial charge in [-0.25, -0.2) is 4.98 Å². The molecule has 194 valence electrons. The Morgan fingerprint density at radius 1 is 1.08 bits per heavy atom. The number of rotatable bonds is 7. The van der Waals surface area contributed by atoms with E-state index in [1.165, 1.54) is 16.7 Å². The Kier molecular flexibility index (Phi) is 6.85. The molecule has 0 aliphatic rings. The third-order valence-corrected chi connectivity index (χ3v) is 6.64. The predicted molar refractivity (Wildman–Crippen MR) is 141 cm³/mol. The van der Waals surface area contributed by atoms with Crippen LogP contribution in [0.5, 0.6) is 5.75 Å². The van der Waals surface area contributed by atoms with Gasteiger partial charge in [-0.2, -0.15) is 13.2 Å². The van der Waals surface area contributed by atoms with Crippen LogP contribution >= 0.6 is 11.8 Å². The topological polar surface area (TPSA) is 89.0 Å². The maximum atomic E-state index is 13.6. The second kappa shape index (κ2) is 10.3. The van der Waals surface area contributed by atoms with Crippen molar-refractivity contribution < 1.29 is 22.7 Å². The molecule has 0 unspecified atom stereocenters. The number of H-pyrrole nitrogens is 1. The SMILES string of the molecule is CCOc1ccc(-n2c(SCC(=O)Nc3cccc(C(F)(F)F)c3)nc3c([nH]c4ccccc43)c2=O)cc1. The number of amides is 1. The normalized spacial score (nSPS) is 11.7. The number of anilines is 1. The molecule has 2 heterocycles. The molecule has 7 nitrogen and oxygen atoms in total. The number of aromatic amines is 1. The average Bonchev–Trinajstić information content (AvgIpc) is 3.27. The van der Waals surface area contributed by atoms with E-state index in [0.29, 0.717) is 29.1 Å². The zero-order chi connectivity index (χ0) is 26.9. The van der Waals surface area contributed by atoms with Gasteiger partial charge in [0.2, 0.25) is 5.91 Å². The van der Waals surface area contributed by atoms with Crippen molar-refractivity contribution >= 4 is 45.3 Å². The molecule has 0 atom stereocenters. The molecular formula is C27H21F3N4O3S. The largest absolute Gasteiger partial charge is 0.494 e. The van der Waals surface area contributed by atoms with Crippen LogP contribution in [-0.4, -0.2) is 32.8 Å². The van der Waals surface area contributed by atoms with Crippen LogP contribution in [0.2, 0.25) is 0 Å². The first kappa shape index (κ1) is 25.4. The highest BCUT2D eigenvalue weighted by Crippen LogP contribution is 2.31. The summed E-state index contributed by atoms with van der Waals surface area (Å²) in [6.45, 7) is 2.36. The van der Waals surface area contributed by atoms with E-state index in [1.807, 2.05) is 31.2 Å². The van der Waals surface area contributed by atoms with Gasteiger partial charge in [-0.3, -0.25) is 14.2 Å². The summed E-state index contributed by atoms with van der Waals surface area (Å²) < 4.78 is 46.0. The lowest BCUT2D eigenvalue weighted by Crippen LogP contribution is -2.23. The number of nitrogens with one attached hydrogen (secondary N) is 2. The van der Waals surface area contributed by atoms with E-state index >= 15 is 0 Å². The zero-order valence-corrected chi connectivity index (χ0v) is 20.8. The first-order chi connectivity index (χ1) is 18.2. The molecule has 2 aromatic heterocycles. The van der Waals surface area contributed by atoms with Crippen LogP contribution in [0.15, 0.2) is 82.7 Å². The van der Waals surface area contributed by atoms with Crippen LogP contribution in [0, 0.1) is 0 Å². The number of carbonyl (C=O) groups is 1. The summed E-state index contributed by atoms with van der Waals surface area (Å²) in [4.78, 5) is 34.2. The third-order valence-electron chi connectivity index (χ3n) is 5.71. The van der Waals surface area contributed by atoms with Gasteiger partial charge in [-0.1, -0.05) is 36.0 Å². The minimum absolute atomic E-state index is 0.0226. The number of halogens is 3. The molecule has 38 heavy (non-hydrogen) atoms. The number of aromatic nitrogens is 3. The molecule has 2 N–H and O–H groups in total. The third kappa shape index (κ3) is 5.10. The number of alkyl halides is 3. The summed E-state index contributed by atoms with van der Waals surface area (Å²) in [5.41, 5.74) is 0.859. The summed E-state index contributed by atoms with van der Waals surface area (Å²) in [5.74, 6) is -0.0902. The van der Waals surface area contributed by atoms with Gasteiger partial charge >= 0.3 is 6.18 Å². The van der Waals surface area contributed by atoms with Crippen molar-refractivity contribution in [2.24, 2.45) is 0 Å². The summed E-state index contributed by atoms with van der Waals surface area (Å²) in [7, 11) is 0. The predicted octanol–water partition coefficient (Wildman–Crippen LogP) is 6.02. The van der Waals surface area contributed by atoms with E-state index in [0.717, 1.165) is 34.8 Å². The quantitative estimate of drug-likeness (QED) is 0.196. The standard InChI is InChI=1S/C27H21F3N4O3S/c1-2-37-19-12-10-18(11-13-19)34-25(36)24-23(20-8-3-4-9-21(20)32-24)33-26(34)38-15-22(35)31-17-7-5-6-16(14-17)27(28,29)30/h3-14,32H,2,15H2,1H3,(H,31,35). The molecule has 0 fully saturated rings. The van der Waals surface area contributed by atoms with Crippen molar-refractivity contribution in [1.29, 1.82) is 0 Å². The van der Waals surface area contributed by atoms with Crippen LogP contribution in [0.25, 0.3) is 27.6 Å². The number of para-hydroxylation sites is 1. The fraction of sp³-hybridized carbons (Fsp3) is 0.148. The first-order valence-electron chi connectivity index (χ1n) is 11.6. The molecule has 0 saturated carbocycles. The Hall–Kier alpha value is -4.25. The van der Waals surface area contributed by atoms with Crippen molar-refractivity contribution in [3.63, 3.8) is 0 Å². The molecule has 0 radical (unpaired) electrons. The lowest BCUT2D eigenvalue weighted by atomic mass is 10.2. The highest BCUT2D eigenvalue weighted by Gasteiger charge is 2.30. The fourth-order valence-corrected chi connectivity index (χ4v) is 4.83. The number of ether oxygens (including phenoxy) is 1. The molecule has 1 amide bonds. The molecule has 0 aliphatic carbocycles. The number of thioether (sulfide) groups is 1. The van der Waals surface area contributed by atoms with Gasteiger partial charge in [0.1, 0.15) is 16.8 Å². The fourth-order valence-electron chi connectivity index (χ4n) is 4.03. The smallest absolute Gasteiger partial charge is 0.416 e. The molecule has 0 spiro atoms. The lowest BCUT2D eigenvalue weighted by Gasteiger charge is -2.13. The van der Waals surface area contributed by atoms with Crippen molar-refractivity contribution in [1.82, 2.24) is 14.5 Å². The van der Waals surface area contributed by atoms with E-state index in [-0.39, 0.29) is 22.2 Å². The van der Waals surface area contributed by atoms with Gasteiger partial charge in [0.15, 0.2) is 5.16 Å². The maximum absolute atomic E-state index is 13.6. The number of carbonyl (C=O) groups excluding carboxylic acids is 1. The van der Waals surface area contributed by atoms with Gasteiger partial charge in [0.25, 0.3) is 5.56 Å². The minimum Gasteiger partial charge on any atom is -0.494 e. The highest BCUT2D eigenvalue weighted by molar-refractivity contribution is 7.99. The molecular weight excluding hydrogens is 517 g/mol. The Labute approximate surface area is 218 Å². The second-order valence-corrected chi connectivity index (χ2v) is 9.21.